The number of ether oxygens (including phenoxy) is 1. The molecule has 0 atom stereocenters. The Morgan fingerprint density at radius 3 is 1.30 bits per heavy atom. The highest BCUT2D eigenvalue weighted by atomic mass is 16.5. The summed E-state index contributed by atoms with van der Waals surface area (Å²) < 4.78 is 5.14. The highest BCUT2D eigenvalue weighted by molar-refractivity contribution is 4.67. The molecule has 3 aliphatic rings. The Morgan fingerprint density at radius 2 is 1.00 bits per heavy atom. The molecule has 0 spiro atoms. The third kappa shape index (κ3) is 19.0. The van der Waals surface area contributed by atoms with Crippen LogP contribution < -0.4 is 0 Å². The molecule has 3 rings (SSSR count). The standard InChI is InChI=1S/C7H15N.C7H14O.C6H12O.2C2H6/c1-7-3-5-8(2)6-4-7;1-6-2-4-7(8)5-3-6;1-6-2-4-7-5-3-6;2*1-2/h7H,3-6H2,1-2H3;6-8H,2-5H2,1H3;6H,2-5H2,1H3;2*1-2H3. The lowest BCUT2D eigenvalue weighted by atomic mass is 9.89. The third-order valence-electron chi connectivity index (χ3n) is 5.50. The Hall–Kier alpha value is -0.120. The first-order valence-electron chi connectivity index (χ1n) is 11.9. The SMILES string of the molecule is CC.CC.CC1CCC(O)CC1.CC1CCN(C)CC1.CC1CCOCC1. The van der Waals surface area contributed by atoms with Gasteiger partial charge in [-0.3, -0.25) is 0 Å². The van der Waals surface area contributed by atoms with E-state index in [1.165, 1.54) is 51.6 Å². The summed E-state index contributed by atoms with van der Waals surface area (Å²) in [6.07, 6.45) is 9.85. The van der Waals surface area contributed by atoms with Crippen molar-refractivity contribution in [2.24, 2.45) is 17.8 Å². The molecule has 0 aromatic heterocycles. The first kappa shape index (κ1) is 29.1. The van der Waals surface area contributed by atoms with E-state index in [0.29, 0.717) is 0 Å². The number of likely N-dealkylation sites (tertiary alicyclic amines) is 1. The molecular weight excluding hydrogens is 334 g/mol. The van der Waals surface area contributed by atoms with Crippen LogP contribution >= 0.6 is 0 Å². The molecule has 2 heterocycles. The number of rotatable bonds is 0. The van der Waals surface area contributed by atoms with Crippen LogP contribution in [0, 0.1) is 17.8 Å². The summed E-state index contributed by atoms with van der Waals surface area (Å²) in [4.78, 5) is 2.40. The predicted molar refractivity (Wildman–Crippen MR) is 121 cm³/mol. The van der Waals surface area contributed by atoms with E-state index < -0.39 is 0 Å². The minimum atomic E-state index is 0.0196. The van der Waals surface area contributed by atoms with Crippen molar-refractivity contribution < 1.29 is 9.84 Å². The zero-order valence-corrected chi connectivity index (χ0v) is 20.1. The molecule has 0 unspecified atom stereocenters. The maximum Gasteiger partial charge on any atom is 0.0540 e. The van der Waals surface area contributed by atoms with Crippen molar-refractivity contribution in [3.8, 4) is 0 Å². The van der Waals surface area contributed by atoms with Crippen molar-refractivity contribution >= 4 is 0 Å². The number of piperidine rings is 1. The van der Waals surface area contributed by atoms with E-state index in [0.717, 1.165) is 43.8 Å². The van der Waals surface area contributed by atoms with Crippen molar-refractivity contribution in [3.63, 3.8) is 0 Å². The number of nitrogens with zero attached hydrogens (tertiary/aromatic N) is 1. The van der Waals surface area contributed by atoms with Gasteiger partial charge in [0, 0.05) is 13.2 Å². The van der Waals surface area contributed by atoms with Crippen molar-refractivity contribution in [3.05, 3.63) is 0 Å². The van der Waals surface area contributed by atoms with Gasteiger partial charge in [-0.25, -0.2) is 0 Å². The molecule has 1 N–H and O–H groups in total. The third-order valence-corrected chi connectivity index (χ3v) is 5.50. The van der Waals surface area contributed by atoms with Gasteiger partial charge in [0.1, 0.15) is 0 Å². The van der Waals surface area contributed by atoms with Gasteiger partial charge in [-0.15, -0.1) is 0 Å². The molecular formula is C24H53NO2. The molecule has 3 fully saturated rings. The zero-order chi connectivity index (χ0) is 21.1. The molecule has 0 aromatic rings. The van der Waals surface area contributed by atoms with E-state index in [9.17, 15) is 0 Å². The molecule has 2 aliphatic heterocycles. The maximum atomic E-state index is 9.03. The zero-order valence-electron chi connectivity index (χ0n) is 20.1. The van der Waals surface area contributed by atoms with Crippen LogP contribution in [0.4, 0.5) is 0 Å². The van der Waals surface area contributed by atoms with Crippen LogP contribution in [0.1, 0.15) is 99.8 Å². The topological polar surface area (TPSA) is 32.7 Å². The van der Waals surface area contributed by atoms with E-state index in [4.69, 9.17) is 9.84 Å². The van der Waals surface area contributed by atoms with Crippen molar-refractivity contribution in [1.82, 2.24) is 4.90 Å². The fourth-order valence-corrected chi connectivity index (χ4v) is 3.20. The van der Waals surface area contributed by atoms with E-state index in [1.54, 1.807) is 0 Å². The van der Waals surface area contributed by atoms with Gasteiger partial charge in [0.15, 0.2) is 0 Å². The lowest BCUT2D eigenvalue weighted by molar-refractivity contribution is 0.0716. The second kappa shape index (κ2) is 20.6. The highest BCUT2D eigenvalue weighted by Gasteiger charge is 2.14. The minimum absolute atomic E-state index is 0.0196. The van der Waals surface area contributed by atoms with Gasteiger partial charge >= 0.3 is 0 Å². The first-order valence-corrected chi connectivity index (χ1v) is 11.9. The molecule has 3 nitrogen and oxygen atoms in total. The Balaban J connectivity index is 0. The molecule has 0 bridgehead atoms. The first-order chi connectivity index (χ1) is 13.0. The molecule has 0 aromatic carbocycles. The van der Waals surface area contributed by atoms with E-state index in [-0.39, 0.29) is 6.10 Å². The van der Waals surface area contributed by atoms with Crippen LogP contribution in [0.5, 0.6) is 0 Å². The van der Waals surface area contributed by atoms with E-state index in [2.05, 4.69) is 32.7 Å². The molecule has 0 amide bonds. The van der Waals surface area contributed by atoms with Gasteiger partial charge in [0.05, 0.1) is 6.10 Å². The molecule has 27 heavy (non-hydrogen) atoms. The Morgan fingerprint density at radius 1 is 0.630 bits per heavy atom. The van der Waals surface area contributed by atoms with E-state index >= 15 is 0 Å². The summed E-state index contributed by atoms with van der Waals surface area (Å²) in [5, 5.41) is 9.03. The van der Waals surface area contributed by atoms with Crippen LogP contribution in [0.3, 0.4) is 0 Å². The van der Waals surface area contributed by atoms with Gasteiger partial charge in [-0.2, -0.15) is 0 Å². The Labute approximate surface area is 172 Å². The molecule has 1 aliphatic carbocycles. The van der Waals surface area contributed by atoms with Crippen LogP contribution in [-0.4, -0.2) is 49.5 Å². The molecule has 166 valence electrons. The fourth-order valence-electron chi connectivity index (χ4n) is 3.20. The number of aliphatic hydroxyl groups is 1. The fraction of sp³-hybridized carbons (Fsp3) is 1.00. The number of hydrogen-bond donors (Lipinski definition) is 1. The van der Waals surface area contributed by atoms with Crippen LogP contribution in [0.25, 0.3) is 0 Å². The van der Waals surface area contributed by atoms with Crippen molar-refractivity contribution in [2.75, 3.05) is 33.4 Å². The summed E-state index contributed by atoms with van der Waals surface area (Å²) in [7, 11) is 2.20. The predicted octanol–water partition coefficient (Wildman–Crippen LogP) is 6.39. The van der Waals surface area contributed by atoms with Gasteiger partial charge in [0.2, 0.25) is 0 Å². The molecule has 0 radical (unpaired) electrons. The van der Waals surface area contributed by atoms with Gasteiger partial charge in [-0.05, 0) is 89.3 Å². The van der Waals surface area contributed by atoms with Crippen LogP contribution in [-0.2, 0) is 4.74 Å². The van der Waals surface area contributed by atoms with Gasteiger partial charge in [-0.1, -0.05) is 48.5 Å². The smallest absolute Gasteiger partial charge is 0.0540 e. The Bertz CT molecular complexity index is 224. The minimum Gasteiger partial charge on any atom is -0.393 e. The second-order valence-electron chi connectivity index (χ2n) is 8.19. The summed E-state index contributed by atoms with van der Waals surface area (Å²) in [6, 6.07) is 0. The largest absolute Gasteiger partial charge is 0.393 e. The summed E-state index contributed by atoms with van der Waals surface area (Å²) in [5.41, 5.74) is 0. The van der Waals surface area contributed by atoms with E-state index in [1.807, 2.05) is 27.7 Å². The van der Waals surface area contributed by atoms with Crippen molar-refractivity contribution in [2.45, 2.75) is 106 Å². The number of aliphatic hydroxyl groups excluding tert-OH is 1. The average Bonchev–Trinajstić information content (AvgIpc) is 2.71. The van der Waals surface area contributed by atoms with Crippen molar-refractivity contribution in [1.29, 1.82) is 0 Å². The van der Waals surface area contributed by atoms with Crippen LogP contribution in [0.15, 0.2) is 0 Å². The quantitative estimate of drug-likeness (QED) is 0.522. The summed E-state index contributed by atoms with van der Waals surface area (Å²) in [6.45, 7) is 19.5. The van der Waals surface area contributed by atoms with Crippen LogP contribution in [0.2, 0.25) is 0 Å². The van der Waals surface area contributed by atoms with Gasteiger partial charge in [0.25, 0.3) is 0 Å². The highest BCUT2D eigenvalue weighted by Crippen LogP contribution is 2.22. The second-order valence-corrected chi connectivity index (χ2v) is 8.19. The molecule has 2 saturated heterocycles. The maximum absolute atomic E-state index is 9.03. The lowest BCUT2D eigenvalue weighted by Gasteiger charge is -2.26. The Kier molecular flexibility index (Phi) is 22.2. The summed E-state index contributed by atoms with van der Waals surface area (Å²) >= 11 is 0. The molecule has 1 saturated carbocycles. The molecule has 3 heteroatoms. The summed E-state index contributed by atoms with van der Waals surface area (Å²) in [5.74, 6) is 2.75. The average molecular weight is 388 g/mol. The number of hydrogen-bond acceptors (Lipinski definition) is 3. The monoisotopic (exact) mass is 387 g/mol. The normalized spacial score (nSPS) is 26.6. The van der Waals surface area contributed by atoms with Gasteiger partial charge < -0.3 is 14.7 Å². The lowest BCUT2D eigenvalue weighted by Crippen LogP contribution is -2.28.